The van der Waals surface area contributed by atoms with Gasteiger partial charge in [-0.25, -0.2) is 9.21 Å². The van der Waals surface area contributed by atoms with E-state index in [0.717, 1.165) is 24.3 Å². The van der Waals surface area contributed by atoms with Crippen molar-refractivity contribution in [1.82, 2.24) is 0 Å². The van der Waals surface area contributed by atoms with Gasteiger partial charge in [-0.2, -0.15) is 0 Å². The van der Waals surface area contributed by atoms with Crippen LogP contribution in [0.3, 0.4) is 0 Å². The lowest BCUT2D eigenvalue weighted by atomic mass is 9.97. The van der Waals surface area contributed by atoms with Crippen molar-refractivity contribution in [2.24, 2.45) is 0 Å². The molecule has 67 heavy (non-hydrogen) atoms. The van der Waals surface area contributed by atoms with Crippen molar-refractivity contribution in [3.05, 3.63) is 66.2 Å². The SMILES string of the molecule is COc1cc(-c2[o+]c3cc(O)cc(OC4OC(CO)C(O)C(O)C4O)c3cc2OC2OC(COC(=O)/C=C/c3ccc(O)c(O)c3)C(O)C(O)C2OC2OC(CO)C(O)C(O)C2O)ccc1O. The van der Waals surface area contributed by atoms with Gasteiger partial charge in [-0.3, -0.25) is 0 Å². The monoisotopic (exact) mass is 949 g/mol. The molecule has 3 fully saturated rings. The molecule has 0 aliphatic carbocycles. The van der Waals surface area contributed by atoms with Crippen molar-refractivity contribution in [1.29, 1.82) is 0 Å². The summed E-state index contributed by atoms with van der Waals surface area (Å²) in [5, 5.41) is 146. The number of aliphatic hydroxyl groups is 10. The highest BCUT2D eigenvalue weighted by Gasteiger charge is 2.52. The molecule has 4 heterocycles. The second-order valence-electron chi connectivity index (χ2n) is 15.6. The second kappa shape index (κ2) is 20.7. The first-order chi connectivity index (χ1) is 31.9. The Morgan fingerprint density at radius 2 is 1.24 bits per heavy atom. The maximum absolute atomic E-state index is 12.8. The van der Waals surface area contributed by atoms with Crippen molar-refractivity contribution in [3.63, 3.8) is 0 Å². The number of aliphatic hydroxyl groups excluding tert-OH is 10. The van der Waals surface area contributed by atoms with Crippen LogP contribution >= 0.6 is 0 Å². The maximum Gasteiger partial charge on any atom is 0.402 e. The number of rotatable bonds is 14. The molecule has 3 aromatic carbocycles. The van der Waals surface area contributed by atoms with Crippen LogP contribution < -0.4 is 14.2 Å². The molecule has 14 N–H and O–H groups in total. The van der Waals surface area contributed by atoms with Gasteiger partial charge in [0.05, 0.1) is 32.0 Å². The molecule has 7 rings (SSSR count). The molecule has 3 saturated heterocycles. The Labute approximate surface area is 378 Å². The zero-order valence-corrected chi connectivity index (χ0v) is 35.0. The maximum atomic E-state index is 12.8. The summed E-state index contributed by atoms with van der Waals surface area (Å²) in [6, 6.07) is 11.1. The molecule has 4 aromatic rings. The van der Waals surface area contributed by atoms with E-state index in [0.29, 0.717) is 0 Å². The van der Waals surface area contributed by atoms with Gasteiger partial charge in [0.1, 0.15) is 90.6 Å². The summed E-state index contributed by atoms with van der Waals surface area (Å²) in [7, 11) is 1.26. The van der Waals surface area contributed by atoms with E-state index in [2.05, 4.69) is 0 Å². The normalized spacial score (nSPS) is 32.3. The Morgan fingerprint density at radius 1 is 0.627 bits per heavy atom. The lowest BCUT2D eigenvalue weighted by molar-refractivity contribution is -0.357. The van der Waals surface area contributed by atoms with E-state index in [1.54, 1.807) is 0 Å². The van der Waals surface area contributed by atoms with Gasteiger partial charge in [0.25, 0.3) is 0 Å². The van der Waals surface area contributed by atoms with Crippen LogP contribution in [0.1, 0.15) is 5.56 Å². The van der Waals surface area contributed by atoms with Crippen LogP contribution in [0.15, 0.2) is 65.1 Å². The smallest absolute Gasteiger partial charge is 0.402 e. The van der Waals surface area contributed by atoms with Crippen LogP contribution in [0.5, 0.6) is 40.2 Å². The minimum absolute atomic E-state index is 0.0595. The van der Waals surface area contributed by atoms with Crippen LogP contribution in [0.2, 0.25) is 0 Å². The van der Waals surface area contributed by atoms with Gasteiger partial charge in [-0.1, -0.05) is 6.07 Å². The van der Waals surface area contributed by atoms with Crippen molar-refractivity contribution >= 4 is 23.0 Å². The molecular weight excluding hydrogens is 900 g/mol. The third-order valence-corrected chi connectivity index (χ3v) is 11.2. The van der Waals surface area contributed by atoms with Crippen LogP contribution in [-0.2, 0) is 28.5 Å². The number of phenols is 4. The summed E-state index contributed by atoms with van der Waals surface area (Å²) in [5.74, 6) is -3.56. The molecule has 1 aromatic heterocycles. The molecule has 3 aliphatic rings. The molecule has 0 saturated carbocycles. The average molecular weight is 950 g/mol. The van der Waals surface area contributed by atoms with Gasteiger partial charge in [-0.05, 0) is 35.9 Å². The number of ether oxygens (including phenoxy) is 8. The van der Waals surface area contributed by atoms with Gasteiger partial charge < -0.3 is 109 Å². The first-order valence-electron chi connectivity index (χ1n) is 20.4. The Bertz CT molecular complexity index is 2390. The number of methoxy groups -OCH3 is 1. The molecule has 3 aliphatic heterocycles. The lowest BCUT2D eigenvalue weighted by Gasteiger charge is -2.45. The van der Waals surface area contributed by atoms with E-state index < -0.39 is 135 Å². The molecule has 0 bridgehead atoms. The Morgan fingerprint density at radius 3 is 1.90 bits per heavy atom. The van der Waals surface area contributed by atoms with Gasteiger partial charge in [0.2, 0.25) is 18.3 Å². The highest BCUT2D eigenvalue weighted by Crippen LogP contribution is 2.44. The summed E-state index contributed by atoms with van der Waals surface area (Å²) in [6.07, 6.45) is -25.3. The van der Waals surface area contributed by atoms with E-state index in [9.17, 15) is 76.3 Å². The molecule has 15 unspecified atom stereocenters. The van der Waals surface area contributed by atoms with E-state index in [1.165, 1.54) is 49.6 Å². The van der Waals surface area contributed by atoms with Crippen LogP contribution in [0.25, 0.3) is 28.4 Å². The van der Waals surface area contributed by atoms with Gasteiger partial charge >= 0.3 is 17.3 Å². The Hall–Kier alpha value is -5.68. The standard InChI is InChI=1S/C43H48O24/c1-59-25-9-17(4-6-21(25)48)39-26(12-19-23(61-39)10-18(46)11-24(19)62-41-37(57)34(54)31(51)27(13-44)64-41)63-43-40(67-42-38(58)35(55)32(52)28(14-45)65-42)36(56)33(53)29(66-43)15-60-30(50)7-3-16-2-5-20(47)22(49)8-16/h2-12,27-29,31-38,40-45,51-58H,13-15H2,1H3,(H3-,46,47,48,49,50)/p+1. The fraction of sp³-hybridized carbons (Fsp3) is 0.442. The zero-order chi connectivity index (χ0) is 48.4. The second-order valence-corrected chi connectivity index (χ2v) is 15.6. The quantitative estimate of drug-likeness (QED) is 0.0272. The average Bonchev–Trinajstić information content (AvgIpc) is 3.31. The summed E-state index contributed by atoms with van der Waals surface area (Å²) in [4.78, 5) is 12.8. The highest BCUT2D eigenvalue weighted by molar-refractivity contribution is 5.89. The summed E-state index contributed by atoms with van der Waals surface area (Å²) in [5.41, 5.74) is 0.259. The molecule has 364 valence electrons. The van der Waals surface area contributed by atoms with Crippen molar-refractivity contribution in [2.75, 3.05) is 26.9 Å². The number of phenolic OH excluding ortho intramolecular Hbond substituents is 4. The number of hydrogen-bond donors (Lipinski definition) is 14. The number of benzene rings is 3. The van der Waals surface area contributed by atoms with Crippen molar-refractivity contribution < 1.29 is 119 Å². The lowest BCUT2D eigenvalue weighted by Crippen LogP contribution is -2.65. The molecule has 15 atom stereocenters. The Balaban J connectivity index is 1.28. The highest BCUT2D eigenvalue weighted by atomic mass is 16.8. The third-order valence-electron chi connectivity index (χ3n) is 11.2. The van der Waals surface area contributed by atoms with Crippen LogP contribution in [0, 0.1) is 0 Å². The van der Waals surface area contributed by atoms with Crippen LogP contribution in [0.4, 0.5) is 0 Å². The zero-order valence-electron chi connectivity index (χ0n) is 35.0. The minimum Gasteiger partial charge on any atom is -0.507 e. The van der Waals surface area contributed by atoms with Gasteiger partial charge in [0.15, 0.2) is 35.4 Å². The first-order valence-corrected chi connectivity index (χ1v) is 20.4. The fourth-order valence-corrected chi connectivity index (χ4v) is 7.43. The topological polar surface area (TPSA) is 385 Å². The van der Waals surface area contributed by atoms with E-state index in [-0.39, 0.29) is 50.9 Å². The largest absolute Gasteiger partial charge is 0.507 e. The number of fused-ring (bicyclic) bond motifs is 1. The summed E-state index contributed by atoms with van der Waals surface area (Å²) < 4.78 is 52.1. The van der Waals surface area contributed by atoms with Gasteiger partial charge in [0, 0.05) is 24.3 Å². The molecule has 0 amide bonds. The predicted molar refractivity (Wildman–Crippen MR) is 220 cm³/mol. The molecule has 0 spiro atoms. The van der Waals surface area contributed by atoms with Crippen molar-refractivity contribution in [2.45, 2.75) is 92.1 Å². The summed E-state index contributed by atoms with van der Waals surface area (Å²) in [6.45, 7) is -2.43. The van der Waals surface area contributed by atoms with E-state index in [1.807, 2.05) is 0 Å². The first kappa shape index (κ1) is 49.2. The number of carbonyl (C=O) groups is 1. The molecule has 24 heteroatoms. The molecule has 0 radical (unpaired) electrons. The predicted octanol–water partition coefficient (Wildman–Crippen LogP) is -2.34. The number of hydrogen-bond acceptors (Lipinski definition) is 23. The molecule has 24 nitrogen and oxygen atoms in total. The molecular formula is C43H49O24+. The number of carbonyl (C=O) groups excluding carboxylic acids is 1. The Kier molecular flexibility index (Phi) is 15.2. The minimum atomic E-state index is -2.08. The van der Waals surface area contributed by atoms with Crippen molar-refractivity contribution in [3.8, 4) is 51.6 Å². The van der Waals surface area contributed by atoms with E-state index >= 15 is 0 Å². The third kappa shape index (κ3) is 10.4. The fourth-order valence-electron chi connectivity index (χ4n) is 7.43. The number of aromatic hydroxyl groups is 4. The van der Waals surface area contributed by atoms with E-state index in [4.69, 9.17) is 42.3 Å². The number of esters is 1. The van der Waals surface area contributed by atoms with Crippen LogP contribution in [-0.4, -0.2) is 197 Å². The summed E-state index contributed by atoms with van der Waals surface area (Å²) >= 11 is 0. The van der Waals surface area contributed by atoms with Gasteiger partial charge in [-0.15, -0.1) is 0 Å².